The lowest BCUT2D eigenvalue weighted by molar-refractivity contribution is 0.159. The molecule has 5 nitrogen and oxygen atoms in total. The monoisotopic (exact) mass is 193 g/mol. The fourth-order valence-corrected chi connectivity index (χ4v) is 2.01. The molecule has 0 aromatic carbocycles. The molecule has 1 unspecified atom stereocenters. The van der Waals surface area contributed by atoms with Gasteiger partial charge in [0.05, 0.1) is 0 Å². The van der Waals surface area contributed by atoms with Crippen molar-refractivity contribution in [3.8, 4) is 0 Å². The highest BCUT2D eigenvalue weighted by atomic mass is 32.2. The molecule has 0 aliphatic carbocycles. The molecule has 0 aromatic heterocycles. The average molecular weight is 193 g/mol. The fourth-order valence-electron chi connectivity index (χ4n) is 1.25. The Balaban J connectivity index is 2.64. The van der Waals surface area contributed by atoms with E-state index in [2.05, 4.69) is 4.90 Å². The summed E-state index contributed by atoms with van der Waals surface area (Å²) in [4.78, 5) is 2.11. The Morgan fingerprint density at radius 1 is 1.42 bits per heavy atom. The number of hydrogen-bond acceptors (Lipinski definition) is 3. The van der Waals surface area contributed by atoms with Gasteiger partial charge >= 0.3 is 0 Å². The van der Waals surface area contributed by atoms with E-state index in [0.717, 1.165) is 6.54 Å². The van der Waals surface area contributed by atoms with Gasteiger partial charge < -0.3 is 4.90 Å². The molecule has 6 heteroatoms. The number of rotatable bonds is 1. The predicted octanol–water partition coefficient (Wildman–Crippen LogP) is -1.17. The Hall–Kier alpha value is -0.170. The van der Waals surface area contributed by atoms with Crippen LogP contribution in [0.25, 0.3) is 0 Å². The zero-order valence-electron chi connectivity index (χ0n) is 7.40. The van der Waals surface area contributed by atoms with Crippen molar-refractivity contribution in [2.75, 3.05) is 26.7 Å². The van der Waals surface area contributed by atoms with E-state index in [1.807, 2.05) is 14.0 Å². The number of nitrogens with two attached hydrogens (primary N) is 1. The molecule has 1 atom stereocenters. The van der Waals surface area contributed by atoms with E-state index in [1.54, 1.807) is 0 Å². The molecule has 0 radical (unpaired) electrons. The first-order valence-electron chi connectivity index (χ1n) is 3.89. The second-order valence-corrected chi connectivity index (χ2v) is 4.78. The van der Waals surface area contributed by atoms with Gasteiger partial charge in [0.25, 0.3) is 10.2 Å². The minimum absolute atomic E-state index is 0.247. The van der Waals surface area contributed by atoms with E-state index in [0.29, 0.717) is 13.1 Å². The van der Waals surface area contributed by atoms with Crippen LogP contribution in [-0.2, 0) is 10.2 Å². The van der Waals surface area contributed by atoms with Crippen LogP contribution < -0.4 is 5.14 Å². The molecule has 12 heavy (non-hydrogen) atoms. The van der Waals surface area contributed by atoms with Crippen molar-refractivity contribution in [2.45, 2.75) is 13.0 Å². The average Bonchev–Trinajstić information content (AvgIpc) is 1.92. The Bertz CT molecular complexity index is 252. The summed E-state index contributed by atoms with van der Waals surface area (Å²) in [6, 6.07) is 0.247. The molecular weight excluding hydrogens is 178 g/mol. The third-order valence-electron chi connectivity index (χ3n) is 2.28. The van der Waals surface area contributed by atoms with Crippen molar-refractivity contribution in [3.05, 3.63) is 0 Å². The van der Waals surface area contributed by atoms with Gasteiger partial charge in [0.1, 0.15) is 0 Å². The molecule has 2 N–H and O–H groups in total. The molecule has 0 saturated carbocycles. The third-order valence-corrected chi connectivity index (χ3v) is 3.33. The molecule has 1 heterocycles. The molecule has 1 aliphatic heterocycles. The van der Waals surface area contributed by atoms with Crippen molar-refractivity contribution < 1.29 is 8.42 Å². The largest absolute Gasteiger partial charge is 0.301 e. The van der Waals surface area contributed by atoms with Crippen LogP contribution in [0.2, 0.25) is 0 Å². The zero-order valence-corrected chi connectivity index (χ0v) is 8.21. The maximum Gasteiger partial charge on any atom is 0.276 e. The maximum absolute atomic E-state index is 10.9. The molecule has 0 aromatic rings. The van der Waals surface area contributed by atoms with Crippen LogP contribution in [0.5, 0.6) is 0 Å². The molecule has 1 rings (SSSR count). The lowest BCUT2D eigenvalue weighted by Gasteiger charge is -2.35. The van der Waals surface area contributed by atoms with E-state index in [1.165, 1.54) is 4.31 Å². The summed E-state index contributed by atoms with van der Waals surface area (Å²) < 4.78 is 23.2. The summed E-state index contributed by atoms with van der Waals surface area (Å²) >= 11 is 0. The SMILES string of the molecule is CC1CN(S(N)(=O)=O)CCN1C. The Labute approximate surface area is 73.3 Å². The molecule has 0 spiro atoms. The van der Waals surface area contributed by atoms with Crippen molar-refractivity contribution in [1.29, 1.82) is 0 Å². The van der Waals surface area contributed by atoms with Crippen LogP contribution in [0.1, 0.15) is 6.92 Å². The lowest BCUT2D eigenvalue weighted by atomic mass is 10.2. The summed E-state index contributed by atoms with van der Waals surface area (Å²) in [5, 5.41) is 5.00. The quantitative estimate of drug-likeness (QED) is 0.570. The van der Waals surface area contributed by atoms with Gasteiger partial charge in [-0.3, -0.25) is 0 Å². The second-order valence-electron chi connectivity index (χ2n) is 3.23. The number of likely N-dealkylation sites (N-methyl/N-ethyl adjacent to an activating group) is 1. The van der Waals surface area contributed by atoms with Crippen molar-refractivity contribution in [1.82, 2.24) is 9.21 Å². The first-order chi connectivity index (χ1) is 5.41. The topological polar surface area (TPSA) is 66.6 Å². The van der Waals surface area contributed by atoms with Crippen molar-refractivity contribution in [2.24, 2.45) is 5.14 Å². The lowest BCUT2D eigenvalue weighted by Crippen LogP contribution is -2.53. The molecule has 1 fully saturated rings. The Morgan fingerprint density at radius 2 is 2.00 bits per heavy atom. The standard InChI is InChI=1S/C6H15N3O2S/c1-6-5-9(12(7,10)11)4-3-8(6)2/h6H,3-5H2,1-2H3,(H2,7,10,11). The van der Waals surface area contributed by atoms with E-state index in [9.17, 15) is 8.42 Å². The Morgan fingerprint density at radius 3 is 2.42 bits per heavy atom. The van der Waals surface area contributed by atoms with Gasteiger partial charge in [-0.2, -0.15) is 12.7 Å². The van der Waals surface area contributed by atoms with Gasteiger partial charge in [0, 0.05) is 25.7 Å². The van der Waals surface area contributed by atoms with Gasteiger partial charge in [-0.15, -0.1) is 0 Å². The smallest absolute Gasteiger partial charge is 0.276 e. The normalized spacial score (nSPS) is 29.1. The van der Waals surface area contributed by atoms with Crippen LogP contribution in [0, 0.1) is 0 Å². The van der Waals surface area contributed by atoms with Crippen LogP contribution in [0.15, 0.2) is 0 Å². The maximum atomic E-state index is 10.9. The van der Waals surface area contributed by atoms with Gasteiger partial charge in [-0.25, -0.2) is 5.14 Å². The first-order valence-corrected chi connectivity index (χ1v) is 5.39. The molecule has 1 saturated heterocycles. The molecule has 72 valence electrons. The Kier molecular flexibility index (Phi) is 2.72. The summed E-state index contributed by atoms with van der Waals surface area (Å²) in [6.07, 6.45) is 0. The van der Waals surface area contributed by atoms with E-state index < -0.39 is 10.2 Å². The predicted molar refractivity (Wildman–Crippen MR) is 46.8 cm³/mol. The molecular formula is C6H15N3O2S. The van der Waals surface area contributed by atoms with Gasteiger partial charge in [-0.1, -0.05) is 0 Å². The van der Waals surface area contributed by atoms with Crippen LogP contribution in [0.4, 0.5) is 0 Å². The van der Waals surface area contributed by atoms with E-state index in [-0.39, 0.29) is 6.04 Å². The van der Waals surface area contributed by atoms with Crippen LogP contribution in [0.3, 0.4) is 0 Å². The van der Waals surface area contributed by atoms with Crippen LogP contribution in [-0.4, -0.2) is 50.3 Å². The highest BCUT2D eigenvalue weighted by Crippen LogP contribution is 2.08. The summed E-state index contributed by atoms with van der Waals surface area (Å²) in [6.45, 7) is 3.73. The molecule has 1 aliphatic rings. The number of piperazine rings is 1. The van der Waals surface area contributed by atoms with Gasteiger partial charge in [-0.05, 0) is 14.0 Å². The summed E-state index contributed by atoms with van der Waals surface area (Å²) in [5.41, 5.74) is 0. The highest BCUT2D eigenvalue weighted by Gasteiger charge is 2.26. The van der Waals surface area contributed by atoms with Gasteiger partial charge in [0.15, 0.2) is 0 Å². The van der Waals surface area contributed by atoms with Crippen molar-refractivity contribution in [3.63, 3.8) is 0 Å². The zero-order chi connectivity index (χ0) is 9.35. The van der Waals surface area contributed by atoms with Crippen LogP contribution >= 0.6 is 0 Å². The summed E-state index contributed by atoms with van der Waals surface area (Å²) in [5.74, 6) is 0. The number of nitrogens with zero attached hydrogens (tertiary/aromatic N) is 2. The first kappa shape index (κ1) is 9.91. The number of hydrogen-bond donors (Lipinski definition) is 1. The molecule has 0 bridgehead atoms. The second kappa shape index (κ2) is 3.29. The summed E-state index contributed by atoms with van der Waals surface area (Å²) in [7, 11) is -1.50. The highest BCUT2D eigenvalue weighted by molar-refractivity contribution is 7.86. The molecule has 0 amide bonds. The fraction of sp³-hybridized carbons (Fsp3) is 1.00. The third kappa shape index (κ3) is 2.16. The van der Waals surface area contributed by atoms with Gasteiger partial charge in [0.2, 0.25) is 0 Å². The van der Waals surface area contributed by atoms with Crippen molar-refractivity contribution >= 4 is 10.2 Å². The van der Waals surface area contributed by atoms with E-state index in [4.69, 9.17) is 5.14 Å². The van der Waals surface area contributed by atoms with E-state index >= 15 is 0 Å². The minimum atomic E-state index is -3.48. The minimum Gasteiger partial charge on any atom is -0.301 e.